The Hall–Kier alpha value is -2.43. The third-order valence-corrected chi connectivity index (χ3v) is 2.65. The summed E-state index contributed by atoms with van der Waals surface area (Å²) in [6.07, 6.45) is 0. The zero-order chi connectivity index (χ0) is 12.7. The standard InChI is InChI=1S/C13H8F2N2O/c14-7-1-3-10(15)9(5-7)13-16-11-4-2-8(18)6-12(11)17-13/h1-6,18H,(H,16,17). The van der Waals surface area contributed by atoms with E-state index in [4.69, 9.17) is 0 Å². The fraction of sp³-hybridized carbons (Fsp3) is 0. The van der Waals surface area contributed by atoms with Gasteiger partial charge in [-0.2, -0.15) is 0 Å². The highest BCUT2D eigenvalue weighted by molar-refractivity contribution is 5.80. The SMILES string of the molecule is Oc1ccc2nc(-c3cc(F)ccc3F)[nH]c2c1. The van der Waals surface area contributed by atoms with E-state index in [-0.39, 0.29) is 17.1 Å². The molecule has 3 nitrogen and oxygen atoms in total. The number of hydrogen-bond acceptors (Lipinski definition) is 2. The van der Waals surface area contributed by atoms with Crippen LogP contribution in [0.15, 0.2) is 36.4 Å². The van der Waals surface area contributed by atoms with Gasteiger partial charge >= 0.3 is 0 Å². The van der Waals surface area contributed by atoms with Crippen molar-refractivity contribution in [1.82, 2.24) is 9.97 Å². The molecule has 1 heterocycles. The summed E-state index contributed by atoms with van der Waals surface area (Å²) < 4.78 is 26.7. The molecule has 0 aliphatic heterocycles. The van der Waals surface area contributed by atoms with Crippen molar-refractivity contribution < 1.29 is 13.9 Å². The fourth-order valence-electron chi connectivity index (χ4n) is 1.80. The number of fused-ring (bicyclic) bond motifs is 1. The Morgan fingerprint density at radius 2 is 1.89 bits per heavy atom. The molecule has 3 aromatic rings. The van der Waals surface area contributed by atoms with Gasteiger partial charge in [0, 0.05) is 6.07 Å². The van der Waals surface area contributed by atoms with Crippen molar-refractivity contribution in [3.8, 4) is 17.1 Å². The van der Waals surface area contributed by atoms with Crippen LogP contribution in [0.2, 0.25) is 0 Å². The van der Waals surface area contributed by atoms with Crippen molar-refractivity contribution in [1.29, 1.82) is 0 Å². The van der Waals surface area contributed by atoms with Gasteiger partial charge in [-0.15, -0.1) is 0 Å². The molecule has 0 saturated carbocycles. The largest absolute Gasteiger partial charge is 0.508 e. The van der Waals surface area contributed by atoms with Crippen molar-refractivity contribution in [2.45, 2.75) is 0 Å². The molecule has 0 unspecified atom stereocenters. The Kier molecular flexibility index (Phi) is 2.26. The van der Waals surface area contributed by atoms with Crippen LogP contribution in [0.5, 0.6) is 5.75 Å². The molecule has 5 heteroatoms. The molecule has 0 fully saturated rings. The molecular weight excluding hydrogens is 238 g/mol. The molecule has 0 aliphatic carbocycles. The van der Waals surface area contributed by atoms with Crippen LogP contribution in [0, 0.1) is 11.6 Å². The minimum atomic E-state index is -0.556. The van der Waals surface area contributed by atoms with Crippen molar-refractivity contribution >= 4 is 11.0 Å². The summed E-state index contributed by atoms with van der Waals surface area (Å²) in [5, 5.41) is 9.33. The molecule has 0 saturated heterocycles. The first kappa shape index (κ1) is 10.7. The van der Waals surface area contributed by atoms with E-state index in [0.717, 1.165) is 18.2 Å². The number of imidazole rings is 1. The van der Waals surface area contributed by atoms with Crippen molar-refractivity contribution in [2.75, 3.05) is 0 Å². The van der Waals surface area contributed by atoms with Crippen molar-refractivity contribution in [3.63, 3.8) is 0 Å². The van der Waals surface area contributed by atoms with Crippen molar-refractivity contribution in [3.05, 3.63) is 48.0 Å². The molecule has 0 amide bonds. The maximum Gasteiger partial charge on any atom is 0.141 e. The van der Waals surface area contributed by atoms with E-state index in [9.17, 15) is 13.9 Å². The number of aromatic amines is 1. The molecule has 0 bridgehead atoms. The van der Waals surface area contributed by atoms with Crippen LogP contribution in [0.1, 0.15) is 0 Å². The van der Waals surface area contributed by atoms with Gasteiger partial charge in [-0.1, -0.05) is 0 Å². The molecule has 2 aromatic carbocycles. The smallest absolute Gasteiger partial charge is 0.141 e. The second-order valence-electron chi connectivity index (χ2n) is 3.91. The first-order valence-corrected chi connectivity index (χ1v) is 5.27. The zero-order valence-electron chi connectivity index (χ0n) is 9.11. The molecule has 0 spiro atoms. The number of nitrogens with zero attached hydrogens (tertiary/aromatic N) is 1. The van der Waals surface area contributed by atoms with E-state index in [0.29, 0.717) is 11.0 Å². The van der Waals surface area contributed by atoms with E-state index in [1.54, 1.807) is 6.07 Å². The van der Waals surface area contributed by atoms with Gasteiger partial charge < -0.3 is 10.1 Å². The van der Waals surface area contributed by atoms with Gasteiger partial charge in [-0.25, -0.2) is 13.8 Å². The minimum Gasteiger partial charge on any atom is -0.508 e. The number of phenolic OH excluding ortho intramolecular Hbond substituents is 1. The number of halogens is 2. The monoisotopic (exact) mass is 246 g/mol. The molecular formula is C13H8F2N2O. The number of aromatic hydroxyl groups is 1. The van der Waals surface area contributed by atoms with Gasteiger partial charge in [0.15, 0.2) is 0 Å². The van der Waals surface area contributed by atoms with E-state index in [1.807, 2.05) is 0 Å². The highest BCUT2D eigenvalue weighted by atomic mass is 19.1. The lowest BCUT2D eigenvalue weighted by Crippen LogP contribution is -1.87. The van der Waals surface area contributed by atoms with Crippen LogP contribution in [0.25, 0.3) is 22.4 Å². The average molecular weight is 246 g/mol. The Bertz CT molecular complexity index is 737. The molecule has 0 radical (unpaired) electrons. The summed E-state index contributed by atoms with van der Waals surface area (Å²) in [6.45, 7) is 0. The Balaban J connectivity index is 2.22. The molecule has 2 N–H and O–H groups in total. The minimum absolute atomic E-state index is 0.0608. The van der Waals surface area contributed by atoms with Gasteiger partial charge in [-0.3, -0.25) is 0 Å². The predicted molar refractivity (Wildman–Crippen MR) is 63.1 cm³/mol. The van der Waals surface area contributed by atoms with Gasteiger partial charge in [0.2, 0.25) is 0 Å². The number of aromatic nitrogens is 2. The van der Waals surface area contributed by atoms with Crippen LogP contribution in [-0.2, 0) is 0 Å². The molecule has 18 heavy (non-hydrogen) atoms. The molecule has 0 atom stereocenters. The molecule has 1 aromatic heterocycles. The summed E-state index contributed by atoms with van der Waals surface area (Å²) in [6, 6.07) is 7.73. The third-order valence-electron chi connectivity index (χ3n) is 2.65. The lowest BCUT2D eigenvalue weighted by atomic mass is 10.2. The number of hydrogen-bond donors (Lipinski definition) is 2. The van der Waals surface area contributed by atoms with Gasteiger partial charge in [0.05, 0.1) is 16.6 Å². The van der Waals surface area contributed by atoms with Crippen LogP contribution in [0.3, 0.4) is 0 Å². The topological polar surface area (TPSA) is 48.9 Å². The number of phenols is 1. The average Bonchev–Trinajstić information content (AvgIpc) is 2.74. The highest BCUT2D eigenvalue weighted by Crippen LogP contribution is 2.25. The second kappa shape index (κ2) is 3.80. The van der Waals surface area contributed by atoms with Crippen LogP contribution in [-0.4, -0.2) is 15.1 Å². The molecule has 0 aliphatic rings. The lowest BCUT2D eigenvalue weighted by Gasteiger charge is -1.98. The van der Waals surface area contributed by atoms with E-state index in [1.165, 1.54) is 12.1 Å². The summed E-state index contributed by atoms with van der Waals surface area (Å²) >= 11 is 0. The van der Waals surface area contributed by atoms with E-state index < -0.39 is 11.6 Å². The second-order valence-corrected chi connectivity index (χ2v) is 3.91. The number of nitrogens with one attached hydrogen (secondary N) is 1. The zero-order valence-corrected chi connectivity index (χ0v) is 9.11. The van der Waals surface area contributed by atoms with Gasteiger partial charge in [0.1, 0.15) is 23.2 Å². The van der Waals surface area contributed by atoms with Crippen molar-refractivity contribution in [2.24, 2.45) is 0 Å². The Morgan fingerprint density at radius 1 is 1.06 bits per heavy atom. The van der Waals surface area contributed by atoms with Crippen LogP contribution in [0.4, 0.5) is 8.78 Å². The predicted octanol–water partition coefficient (Wildman–Crippen LogP) is 3.21. The molecule has 3 rings (SSSR count). The van der Waals surface area contributed by atoms with Gasteiger partial charge in [0.25, 0.3) is 0 Å². The summed E-state index contributed by atoms with van der Waals surface area (Å²) in [5.74, 6) is -0.778. The Morgan fingerprint density at radius 3 is 2.72 bits per heavy atom. The van der Waals surface area contributed by atoms with Crippen LogP contribution >= 0.6 is 0 Å². The summed E-state index contributed by atoms with van der Waals surface area (Å²) in [7, 11) is 0. The first-order chi connectivity index (χ1) is 8.63. The Labute approximate surface area is 101 Å². The number of H-pyrrole nitrogens is 1. The fourth-order valence-corrected chi connectivity index (χ4v) is 1.80. The molecule has 90 valence electrons. The van der Waals surface area contributed by atoms with E-state index in [2.05, 4.69) is 9.97 Å². The summed E-state index contributed by atoms with van der Waals surface area (Å²) in [5.41, 5.74) is 1.20. The highest BCUT2D eigenvalue weighted by Gasteiger charge is 2.11. The number of rotatable bonds is 1. The number of benzene rings is 2. The first-order valence-electron chi connectivity index (χ1n) is 5.27. The summed E-state index contributed by atoms with van der Waals surface area (Å²) in [4.78, 5) is 7.00. The normalized spacial score (nSPS) is 11.0. The van der Waals surface area contributed by atoms with Gasteiger partial charge in [-0.05, 0) is 30.3 Å². The maximum absolute atomic E-state index is 13.6. The lowest BCUT2D eigenvalue weighted by molar-refractivity contribution is 0.476. The maximum atomic E-state index is 13.6. The van der Waals surface area contributed by atoms with Crippen LogP contribution < -0.4 is 0 Å². The quantitative estimate of drug-likeness (QED) is 0.692. The third kappa shape index (κ3) is 1.69. The van der Waals surface area contributed by atoms with E-state index >= 15 is 0 Å².